The highest BCUT2D eigenvalue weighted by Crippen LogP contribution is 2.43. The molecule has 0 amide bonds. The topological polar surface area (TPSA) is 38.7 Å². The lowest BCUT2D eigenvalue weighted by Crippen LogP contribution is -2.42. The Kier molecular flexibility index (Phi) is 3.23. The monoisotopic (exact) mass is 260 g/mol. The average molecular weight is 260 g/mol. The number of hydrogen-bond acceptors (Lipinski definition) is 3. The number of rotatable bonds is 1. The van der Waals surface area contributed by atoms with Gasteiger partial charge in [-0.05, 0) is 31.2 Å². The van der Waals surface area contributed by atoms with Gasteiger partial charge in [0.05, 0.1) is 6.61 Å². The summed E-state index contributed by atoms with van der Waals surface area (Å²) in [5, 5.41) is 9.76. The number of hydrogen-bond donors (Lipinski definition) is 1. The van der Waals surface area contributed by atoms with Gasteiger partial charge < -0.3 is 14.6 Å². The molecule has 3 heteroatoms. The van der Waals surface area contributed by atoms with Crippen molar-refractivity contribution in [1.82, 2.24) is 0 Å². The first kappa shape index (κ1) is 12.5. The van der Waals surface area contributed by atoms with Crippen LogP contribution in [0.15, 0.2) is 41.9 Å². The summed E-state index contributed by atoms with van der Waals surface area (Å²) in [4.78, 5) is 0. The van der Waals surface area contributed by atoms with E-state index in [1.807, 2.05) is 13.0 Å². The second-order valence-electron chi connectivity index (χ2n) is 5.57. The first-order valence-corrected chi connectivity index (χ1v) is 6.95. The Morgan fingerprint density at radius 3 is 2.47 bits per heavy atom. The molecule has 0 bridgehead atoms. The molecule has 1 N–H and O–H groups in total. The molecular weight excluding hydrogens is 240 g/mol. The molecule has 0 atom stereocenters. The predicted octanol–water partition coefficient (Wildman–Crippen LogP) is 3.88. The normalized spacial score (nSPS) is 31.3. The van der Waals surface area contributed by atoms with Crippen molar-refractivity contribution in [3.05, 3.63) is 47.4 Å². The maximum Gasteiger partial charge on any atom is 0.280 e. The van der Waals surface area contributed by atoms with Crippen molar-refractivity contribution < 1.29 is 14.6 Å². The van der Waals surface area contributed by atoms with Gasteiger partial charge in [0, 0.05) is 18.4 Å². The fourth-order valence-electron chi connectivity index (χ4n) is 2.96. The van der Waals surface area contributed by atoms with Gasteiger partial charge in [-0.1, -0.05) is 30.3 Å². The number of benzene rings is 1. The molecule has 1 aliphatic carbocycles. The van der Waals surface area contributed by atoms with Gasteiger partial charge in [0.25, 0.3) is 5.95 Å². The molecule has 1 aromatic rings. The van der Waals surface area contributed by atoms with Crippen LogP contribution in [0.2, 0.25) is 0 Å². The van der Waals surface area contributed by atoms with Crippen molar-refractivity contribution in [3.63, 3.8) is 0 Å². The lowest BCUT2D eigenvalue weighted by Gasteiger charge is -2.42. The van der Waals surface area contributed by atoms with E-state index in [4.69, 9.17) is 9.47 Å². The van der Waals surface area contributed by atoms with Gasteiger partial charge in [-0.3, -0.25) is 0 Å². The lowest BCUT2D eigenvalue weighted by atomic mass is 9.81. The summed E-state index contributed by atoms with van der Waals surface area (Å²) in [6, 6.07) is 10.6. The zero-order chi connectivity index (χ0) is 13.3. The van der Waals surface area contributed by atoms with Gasteiger partial charge >= 0.3 is 0 Å². The summed E-state index contributed by atoms with van der Waals surface area (Å²) >= 11 is 0. The third-order valence-corrected chi connectivity index (χ3v) is 4.22. The van der Waals surface area contributed by atoms with Crippen LogP contribution in [-0.4, -0.2) is 17.5 Å². The Balaban J connectivity index is 1.67. The highest BCUT2D eigenvalue weighted by Gasteiger charge is 2.41. The Morgan fingerprint density at radius 1 is 1.16 bits per heavy atom. The van der Waals surface area contributed by atoms with Crippen molar-refractivity contribution in [3.8, 4) is 0 Å². The third kappa shape index (κ3) is 2.47. The maximum atomic E-state index is 9.76. The van der Waals surface area contributed by atoms with E-state index in [1.165, 1.54) is 5.56 Å². The number of aliphatic hydroxyl groups is 1. The summed E-state index contributed by atoms with van der Waals surface area (Å²) < 4.78 is 11.5. The largest absolute Gasteiger partial charge is 0.481 e. The second-order valence-corrected chi connectivity index (χ2v) is 5.57. The van der Waals surface area contributed by atoms with Gasteiger partial charge in [-0.25, -0.2) is 0 Å². The quantitative estimate of drug-likeness (QED) is 0.833. The maximum absolute atomic E-state index is 9.76. The van der Waals surface area contributed by atoms with Crippen molar-refractivity contribution in [2.45, 2.75) is 44.3 Å². The Hall–Kier alpha value is -1.48. The van der Waals surface area contributed by atoms with Crippen molar-refractivity contribution >= 4 is 0 Å². The fraction of sp³-hybridized carbons (Fsp3) is 0.500. The first-order valence-electron chi connectivity index (χ1n) is 6.95. The van der Waals surface area contributed by atoms with E-state index < -0.39 is 5.79 Å². The van der Waals surface area contributed by atoms with Crippen molar-refractivity contribution in [1.29, 1.82) is 0 Å². The molecule has 1 heterocycles. The second kappa shape index (κ2) is 4.89. The summed E-state index contributed by atoms with van der Waals surface area (Å²) in [6.07, 6.45) is 3.75. The van der Waals surface area contributed by atoms with E-state index in [2.05, 4.69) is 24.3 Å². The van der Waals surface area contributed by atoms with Crippen LogP contribution in [0.3, 0.4) is 0 Å². The van der Waals surface area contributed by atoms with Crippen molar-refractivity contribution in [2.75, 3.05) is 6.61 Å². The van der Waals surface area contributed by atoms with Gasteiger partial charge in [0.2, 0.25) is 5.79 Å². The molecule has 3 rings (SSSR count). The van der Waals surface area contributed by atoms with E-state index >= 15 is 0 Å². The first-order chi connectivity index (χ1) is 9.19. The smallest absolute Gasteiger partial charge is 0.280 e. The molecule has 0 saturated heterocycles. The molecular formula is C16H20O3. The Labute approximate surface area is 113 Å². The van der Waals surface area contributed by atoms with Crippen LogP contribution >= 0.6 is 0 Å². The zero-order valence-electron chi connectivity index (χ0n) is 11.3. The third-order valence-electron chi connectivity index (χ3n) is 4.22. The van der Waals surface area contributed by atoms with E-state index in [1.54, 1.807) is 0 Å². The van der Waals surface area contributed by atoms with E-state index in [-0.39, 0.29) is 5.95 Å². The minimum Gasteiger partial charge on any atom is -0.481 e. The van der Waals surface area contributed by atoms with Gasteiger partial charge in [0.15, 0.2) is 0 Å². The molecule has 1 aromatic carbocycles. The van der Waals surface area contributed by atoms with Crippen LogP contribution in [0.5, 0.6) is 0 Å². The van der Waals surface area contributed by atoms with Crippen LogP contribution in [0, 0.1) is 0 Å². The van der Waals surface area contributed by atoms with Gasteiger partial charge in [-0.15, -0.1) is 0 Å². The summed E-state index contributed by atoms with van der Waals surface area (Å²) in [7, 11) is 0. The molecule has 1 spiro atoms. The van der Waals surface area contributed by atoms with Crippen LogP contribution in [-0.2, 0) is 9.47 Å². The van der Waals surface area contributed by atoms with Crippen LogP contribution in [0.25, 0.3) is 0 Å². The van der Waals surface area contributed by atoms with Crippen LogP contribution in [0.4, 0.5) is 0 Å². The highest BCUT2D eigenvalue weighted by atomic mass is 16.7. The van der Waals surface area contributed by atoms with Gasteiger partial charge in [-0.2, -0.15) is 0 Å². The minimum absolute atomic E-state index is 0.0596. The molecule has 1 saturated carbocycles. The van der Waals surface area contributed by atoms with E-state index in [0.717, 1.165) is 31.3 Å². The van der Waals surface area contributed by atoms with E-state index in [9.17, 15) is 5.11 Å². The molecule has 1 fully saturated rings. The zero-order valence-corrected chi connectivity index (χ0v) is 11.3. The minimum atomic E-state index is -0.588. The molecule has 1 aliphatic heterocycles. The molecule has 19 heavy (non-hydrogen) atoms. The highest BCUT2D eigenvalue weighted by molar-refractivity contribution is 5.20. The fourth-order valence-corrected chi connectivity index (χ4v) is 2.96. The molecule has 0 aromatic heterocycles. The number of ether oxygens (including phenoxy) is 2. The van der Waals surface area contributed by atoms with Crippen LogP contribution < -0.4 is 0 Å². The Morgan fingerprint density at radius 2 is 1.84 bits per heavy atom. The molecule has 2 aliphatic rings. The molecule has 0 radical (unpaired) electrons. The van der Waals surface area contributed by atoms with Crippen LogP contribution in [0.1, 0.15) is 44.1 Å². The SMILES string of the molecule is CC1=C(O)OC2(CCC(c3ccccc3)CC2)OC1. The molecule has 102 valence electrons. The average Bonchev–Trinajstić information content (AvgIpc) is 2.45. The molecule has 3 nitrogen and oxygen atoms in total. The summed E-state index contributed by atoms with van der Waals surface area (Å²) in [5.41, 5.74) is 2.17. The van der Waals surface area contributed by atoms with E-state index in [0.29, 0.717) is 12.5 Å². The lowest BCUT2D eigenvalue weighted by molar-refractivity contribution is -0.261. The molecule has 0 unspecified atom stereocenters. The summed E-state index contributed by atoms with van der Waals surface area (Å²) in [5.74, 6) is 0.0482. The predicted molar refractivity (Wildman–Crippen MR) is 72.7 cm³/mol. The standard InChI is InChI=1S/C16H20O3/c1-12-11-18-16(19-15(12)17)9-7-14(8-10-16)13-5-3-2-4-6-13/h2-6,14,17H,7-11H2,1H3. The number of aliphatic hydroxyl groups excluding tert-OH is 1. The summed E-state index contributed by atoms with van der Waals surface area (Å²) in [6.45, 7) is 2.31. The van der Waals surface area contributed by atoms with Crippen molar-refractivity contribution in [2.24, 2.45) is 0 Å². The van der Waals surface area contributed by atoms with Gasteiger partial charge in [0.1, 0.15) is 0 Å². The Bertz CT molecular complexity index is 470.